The molecule has 0 radical (unpaired) electrons. The molecule has 1 aromatic carbocycles. The number of alkyl halides is 1. The quantitative estimate of drug-likeness (QED) is 0.496. The number of aromatic nitrogens is 2. The predicted octanol–water partition coefficient (Wildman–Crippen LogP) is 1.63. The van der Waals surface area contributed by atoms with E-state index >= 15 is 0 Å². The Hall–Kier alpha value is -2.83. The molecule has 0 spiro atoms. The number of carbonyl (C=O) groups excluding carboxylic acids is 2. The number of rotatable bonds is 6. The topological polar surface area (TPSA) is 89.3 Å². The number of halogens is 1. The Bertz CT molecular complexity index is 681. The molecule has 1 heterocycles. The molecule has 1 aromatic heterocycles. The fourth-order valence-electron chi connectivity index (χ4n) is 1.78. The summed E-state index contributed by atoms with van der Waals surface area (Å²) >= 11 is 0. The molecule has 1 atom stereocenters. The molecule has 0 aliphatic heterocycles. The van der Waals surface area contributed by atoms with Crippen molar-refractivity contribution in [2.24, 2.45) is 0 Å². The Kier molecular flexibility index (Phi) is 4.22. The Balaban J connectivity index is 2.24. The normalized spacial score (nSPS) is 11.9. The van der Waals surface area contributed by atoms with E-state index in [9.17, 15) is 18.8 Å². The third-order valence-electron chi connectivity index (χ3n) is 2.80. The number of carbonyl (C=O) groups is 3. The summed E-state index contributed by atoms with van der Waals surface area (Å²) in [5, 5.41) is 12.2. The van der Waals surface area contributed by atoms with Crippen molar-refractivity contribution in [3.05, 3.63) is 53.9 Å². The lowest BCUT2D eigenvalue weighted by molar-refractivity contribution is -0.148. The third kappa shape index (κ3) is 3.19. The van der Waals surface area contributed by atoms with Crippen LogP contribution in [0.15, 0.2) is 42.6 Å². The van der Waals surface area contributed by atoms with Gasteiger partial charge in [0.1, 0.15) is 5.69 Å². The first-order valence-corrected chi connectivity index (χ1v) is 6.02. The first kappa shape index (κ1) is 14.6. The summed E-state index contributed by atoms with van der Waals surface area (Å²) in [5.41, 5.74) is 0.140. The van der Waals surface area contributed by atoms with Crippen molar-refractivity contribution in [1.29, 1.82) is 0 Å². The molecule has 0 saturated heterocycles. The van der Waals surface area contributed by atoms with Crippen LogP contribution in [0.25, 0.3) is 0 Å². The van der Waals surface area contributed by atoms with Crippen LogP contribution in [-0.4, -0.2) is 32.4 Å². The van der Waals surface area contributed by atoms with Gasteiger partial charge in [0.25, 0.3) is 0 Å². The maximum absolute atomic E-state index is 14.4. The summed E-state index contributed by atoms with van der Waals surface area (Å²) in [6.07, 6.45) is -1.31. The number of carboxylic acids is 1. The molecule has 0 aliphatic carbocycles. The van der Waals surface area contributed by atoms with Gasteiger partial charge in [0.05, 0.1) is 6.42 Å². The summed E-state index contributed by atoms with van der Waals surface area (Å²) in [6, 6.07) is 9.30. The van der Waals surface area contributed by atoms with Gasteiger partial charge in [-0.1, -0.05) is 30.3 Å². The maximum Gasteiger partial charge on any atom is 0.372 e. The Labute approximate surface area is 118 Å². The predicted molar refractivity (Wildman–Crippen MR) is 69.5 cm³/mol. The molecular formula is C14H11FN2O4. The lowest BCUT2D eigenvalue weighted by Gasteiger charge is -2.11. The van der Waals surface area contributed by atoms with Crippen LogP contribution in [0.1, 0.15) is 28.8 Å². The zero-order valence-electron chi connectivity index (χ0n) is 10.8. The average molecular weight is 290 g/mol. The van der Waals surface area contributed by atoms with Crippen molar-refractivity contribution in [1.82, 2.24) is 9.78 Å². The monoisotopic (exact) mass is 290 g/mol. The van der Waals surface area contributed by atoms with Crippen LogP contribution < -0.4 is 0 Å². The molecule has 6 nitrogen and oxygen atoms in total. The van der Waals surface area contributed by atoms with Crippen molar-refractivity contribution >= 4 is 17.5 Å². The Morgan fingerprint density at radius 2 is 1.86 bits per heavy atom. The lowest BCUT2D eigenvalue weighted by atomic mass is 10.1. The zero-order chi connectivity index (χ0) is 15.4. The zero-order valence-corrected chi connectivity index (χ0v) is 10.8. The number of ketones is 2. The van der Waals surface area contributed by atoms with Gasteiger partial charge in [-0.2, -0.15) is 5.10 Å². The van der Waals surface area contributed by atoms with Crippen LogP contribution in [0.4, 0.5) is 4.39 Å². The van der Waals surface area contributed by atoms with Crippen LogP contribution in [0.3, 0.4) is 0 Å². The summed E-state index contributed by atoms with van der Waals surface area (Å²) in [5.74, 6) is -3.74. The fraction of sp³-hybridized carbons (Fsp3) is 0.143. The van der Waals surface area contributed by atoms with E-state index in [-0.39, 0.29) is 5.69 Å². The van der Waals surface area contributed by atoms with E-state index < -0.39 is 30.3 Å². The summed E-state index contributed by atoms with van der Waals surface area (Å²) in [7, 11) is 0. The largest absolute Gasteiger partial charge is 0.475 e. The van der Waals surface area contributed by atoms with E-state index in [2.05, 4.69) is 5.10 Å². The van der Waals surface area contributed by atoms with E-state index in [0.717, 1.165) is 4.68 Å². The second kappa shape index (κ2) is 6.08. The van der Waals surface area contributed by atoms with Crippen LogP contribution in [0.5, 0.6) is 0 Å². The number of hydrogen-bond acceptors (Lipinski definition) is 4. The highest BCUT2D eigenvalue weighted by atomic mass is 19.1. The van der Waals surface area contributed by atoms with Gasteiger partial charge in [0, 0.05) is 11.8 Å². The van der Waals surface area contributed by atoms with Gasteiger partial charge in [0.15, 0.2) is 5.78 Å². The molecule has 0 amide bonds. The van der Waals surface area contributed by atoms with E-state index in [1.165, 1.54) is 24.4 Å². The lowest BCUT2D eigenvalue weighted by Crippen LogP contribution is -2.20. The summed E-state index contributed by atoms with van der Waals surface area (Å²) in [6.45, 7) is 0. The minimum absolute atomic E-state index is 0.152. The molecule has 2 aromatic rings. The highest BCUT2D eigenvalue weighted by molar-refractivity contribution is 6.37. The van der Waals surface area contributed by atoms with E-state index in [0.29, 0.717) is 5.56 Å². The third-order valence-corrected chi connectivity index (χ3v) is 2.80. The molecule has 108 valence electrons. The van der Waals surface area contributed by atoms with Gasteiger partial charge in [-0.3, -0.25) is 9.59 Å². The van der Waals surface area contributed by atoms with Gasteiger partial charge in [-0.25, -0.2) is 13.9 Å². The molecule has 7 heteroatoms. The number of hydrogen-bond donors (Lipinski definition) is 1. The van der Waals surface area contributed by atoms with Gasteiger partial charge >= 0.3 is 5.97 Å². The minimum atomic E-state index is -1.70. The number of aliphatic carboxylic acids is 1. The van der Waals surface area contributed by atoms with Crippen molar-refractivity contribution in [2.75, 3.05) is 0 Å². The standard InChI is InChI=1S/C14H11FN2O4/c15-13(9-4-2-1-3-5-9)17-10(6-7-16-17)11(18)8-12(19)14(20)21/h1-7,13H,8H2,(H,20,21). The van der Waals surface area contributed by atoms with Crippen molar-refractivity contribution < 1.29 is 23.9 Å². The average Bonchev–Trinajstić information content (AvgIpc) is 2.96. The van der Waals surface area contributed by atoms with E-state index in [1.807, 2.05) is 0 Å². The Morgan fingerprint density at radius 3 is 2.48 bits per heavy atom. The molecule has 1 unspecified atom stereocenters. The number of benzene rings is 1. The van der Waals surface area contributed by atoms with E-state index in [1.54, 1.807) is 18.2 Å². The number of carboxylic acid groups (broad SMARTS) is 1. The second-order valence-corrected chi connectivity index (χ2v) is 4.24. The summed E-state index contributed by atoms with van der Waals surface area (Å²) < 4.78 is 15.2. The molecule has 0 aliphatic rings. The SMILES string of the molecule is O=C(O)C(=O)CC(=O)c1ccnn1C(F)c1ccccc1. The molecule has 2 rings (SSSR count). The fourth-order valence-corrected chi connectivity index (χ4v) is 1.78. The molecule has 1 N–H and O–H groups in total. The van der Waals surface area contributed by atoms with Gasteiger partial charge in [0.2, 0.25) is 12.1 Å². The first-order valence-electron chi connectivity index (χ1n) is 6.02. The van der Waals surface area contributed by atoms with Gasteiger partial charge in [-0.05, 0) is 6.07 Å². The number of Topliss-reactive ketones (excluding diaryl/α,β-unsaturated/α-hetero) is 2. The molecule has 0 saturated carbocycles. The summed E-state index contributed by atoms with van der Waals surface area (Å²) in [4.78, 5) is 33.4. The highest BCUT2D eigenvalue weighted by Gasteiger charge is 2.24. The van der Waals surface area contributed by atoms with Crippen molar-refractivity contribution in [3.63, 3.8) is 0 Å². The molecular weight excluding hydrogens is 279 g/mol. The van der Waals surface area contributed by atoms with Crippen LogP contribution >= 0.6 is 0 Å². The highest BCUT2D eigenvalue weighted by Crippen LogP contribution is 2.21. The van der Waals surface area contributed by atoms with Gasteiger partial charge < -0.3 is 5.11 Å². The number of nitrogens with zero attached hydrogens (tertiary/aromatic N) is 2. The minimum Gasteiger partial charge on any atom is -0.475 e. The van der Waals surface area contributed by atoms with Gasteiger partial charge in [-0.15, -0.1) is 0 Å². The molecule has 0 fully saturated rings. The van der Waals surface area contributed by atoms with Crippen LogP contribution in [0.2, 0.25) is 0 Å². The van der Waals surface area contributed by atoms with Crippen LogP contribution in [-0.2, 0) is 9.59 Å². The van der Waals surface area contributed by atoms with Crippen molar-refractivity contribution in [2.45, 2.75) is 12.7 Å². The first-order chi connectivity index (χ1) is 10.0. The molecule has 0 bridgehead atoms. The van der Waals surface area contributed by atoms with Crippen molar-refractivity contribution in [3.8, 4) is 0 Å². The van der Waals surface area contributed by atoms with Crippen LogP contribution in [0, 0.1) is 0 Å². The Morgan fingerprint density at radius 1 is 1.19 bits per heavy atom. The second-order valence-electron chi connectivity index (χ2n) is 4.24. The maximum atomic E-state index is 14.4. The molecule has 21 heavy (non-hydrogen) atoms. The van der Waals surface area contributed by atoms with E-state index in [4.69, 9.17) is 5.11 Å². The smallest absolute Gasteiger partial charge is 0.372 e.